The van der Waals surface area contributed by atoms with E-state index in [4.69, 9.17) is 14.7 Å². The molecule has 0 saturated carbocycles. The number of fused-ring (bicyclic) bond motifs is 3. The molecule has 4 rings (SSSR count). The predicted molar refractivity (Wildman–Crippen MR) is 151 cm³/mol. The SMILES string of the molecule is CC.CCCCc1nc2c(NC)nc3cc(C(=O)OC)ccc3c2n1CCCNS(=O)c1ccccc1. The van der Waals surface area contributed by atoms with Crippen LogP contribution in [0.1, 0.15) is 56.2 Å². The first-order chi connectivity index (χ1) is 18.1. The molecule has 0 bridgehead atoms. The number of aromatic nitrogens is 3. The second-order valence-electron chi connectivity index (χ2n) is 8.24. The van der Waals surface area contributed by atoms with Gasteiger partial charge in [-0.05, 0) is 43.2 Å². The number of ether oxygens (including phenoxy) is 1. The Hall–Kier alpha value is -3.30. The van der Waals surface area contributed by atoms with Gasteiger partial charge in [-0.25, -0.2) is 23.7 Å². The second kappa shape index (κ2) is 13.9. The summed E-state index contributed by atoms with van der Waals surface area (Å²) in [6.07, 6.45) is 3.75. The highest BCUT2D eigenvalue weighted by Crippen LogP contribution is 2.31. The van der Waals surface area contributed by atoms with Crippen molar-refractivity contribution in [2.45, 2.75) is 57.9 Å². The van der Waals surface area contributed by atoms with Gasteiger partial charge in [0.15, 0.2) is 5.82 Å². The number of esters is 1. The fourth-order valence-corrected chi connectivity index (χ4v) is 5.05. The van der Waals surface area contributed by atoms with Crippen molar-refractivity contribution in [3.8, 4) is 0 Å². The van der Waals surface area contributed by atoms with E-state index in [1.54, 1.807) is 12.1 Å². The minimum Gasteiger partial charge on any atom is -0.465 e. The number of anilines is 1. The molecule has 8 nitrogen and oxygen atoms in total. The molecule has 2 N–H and O–H groups in total. The van der Waals surface area contributed by atoms with Gasteiger partial charge < -0.3 is 14.6 Å². The van der Waals surface area contributed by atoms with Gasteiger partial charge >= 0.3 is 5.97 Å². The van der Waals surface area contributed by atoms with E-state index in [0.717, 1.165) is 59.4 Å². The first kappa shape index (κ1) is 28.3. The molecule has 9 heteroatoms. The third-order valence-electron chi connectivity index (χ3n) is 5.92. The van der Waals surface area contributed by atoms with Gasteiger partial charge in [0.05, 0.1) is 28.6 Å². The molecule has 0 aliphatic carbocycles. The molecule has 198 valence electrons. The summed E-state index contributed by atoms with van der Waals surface area (Å²) in [5.74, 6) is 1.29. The number of imidazole rings is 1. The highest BCUT2D eigenvalue weighted by Gasteiger charge is 2.19. The molecule has 0 spiro atoms. The van der Waals surface area contributed by atoms with E-state index in [0.29, 0.717) is 23.4 Å². The van der Waals surface area contributed by atoms with E-state index in [2.05, 4.69) is 21.5 Å². The Morgan fingerprint density at radius 2 is 1.84 bits per heavy atom. The van der Waals surface area contributed by atoms with Gasteiger partial charge in [-0.3, -0.25) is 0 Å². The van der Waals surface area contributed by atoms with Crippen LogP contribution in [0.4, 0.5) is 5.82 Å². The molecule has 2 aromatic carbocycles. The number of carbonyl (C=O) groups excluding carboxylic acids is 1. The van der Waals surface area contributed by atoms with Crippen LogP contribution in [0.5, 0.6) is 0 Å². The Kier molecular flexibility index (Phi) is 10.6. The summed E-state index contributed by atoms with van der Waals surface area (Å²) in [5, 5.41) is 4.10. The Balaban J connectivity index is 0.00000186. The van der Waals surface area contributed by atoms with Crippen molar-refractivity contribution in [2.24, 2.45) is 0 Å². The van der Waals surface area contributed by atoms with Crippen LogP contribution in [-0.4, -0.2) is 45.4 Å². The minimum absolute atomic E-state index is 0.394. The van der Waals surface area contributed by atoms with Crippen molar-refractivity contribution in [1.82, 2.24) is 19.3 Å². The fourth-order valence-electron chi connectivity index (χ4n) is 4.15. The third-order valence-corrected chi connectivity index (χ3v) is 7.08. The molecule has 2 heterocycles. The zero-order valence-electron chi connectivity index (χ0n) is 22.3. The maximum absolute atomic E-state index is 12.5. The number of pyridine rings is 1. The van der Waals surface area contributed by atoms with E-state index in [9.17, 15) is 9.00 Å². The summed E-state index contributed by atoms with van der Waals surface area (Å²) in [6, 6.07) is 14.8. The van der Waals surface area contributed by atoms with Crippen molar-refractivity contribution >= 4 is 44.7 Å². The topological polar surface area (TPSA) is 98.1 Å². The quantitative estimate of drug-likeness (QED) is 0.199. The summed E-state index contributed by atoms with van der Waals surface area (Å²) < 4.78 is 22.8. The maximum Gasteiger partial charge on any atom is 0.337 e. The molecule has 0 fully saturated rings. The normalized spacial score (nSPS) is 11.7. The van der Waals surface area contributed by atoms with Gasteiger partial charge in [0.1, 0.15) is 22.3 Å². The Morgan fingerprint density at radius 1 is 1.08 bits per heavy atom. The van der Waals surface area contributed by atoms with Crippen LogP contribution < -0.4 is 10.0 Å². The van der Waals surface area contributed by atoms with E-state index in [-0.39, 0.29) is 0 Å². The summed E-state index contributed by atoms with van der Waals surface area (Å²) in [6.45, 7) is 7.48. The molecule has 1 atom stereocenters. The van der Waals surface area contributed by atoms with E-state index >= 15 is 0 Å². The number of nitrogens with zero attached hydrogens (tertiary/aromatic N) is 3. The lowest BCUT2D eigenvalue weighted by atomic mass is 10.1. The number of unbranched alkanes of at least 4 members (excludes halogenated alkanes) is 1. The number of hydrogen-bond acceptors (Lipinski definition) is 6. The number of aryl methyl sites for hydroxylation is 2. The summed E-state index contributed by atoms with van der Waals surface area (Å²) >= 11 is 0. The zero-order chi connectivity index (χ0) is 26.8. The van der Waals surface area contributed by atoms with Crippen molar-refractivity contribution in [2.75, 3.05) is 26.0 Å². The number of carbonyl (C=O) groups is 1. The third kappa shape index (κ3) is 6.53. The summed E-state index contributed by atoms with van der Waals surface area (Å²) in [4.78, 5) is 22.6. The standard InChI is InChI=1S/C26H31N5O3S.C2H6/c1-4-5-12-22-30-23-24(31(22)16-9-15-28-35(33)19-10-7-6-8-11-19)20-14-13-18(26(32)34-3)17-21(20)29-25(23)27-2;1-2/h6-8,10-11,13-14,17,28H,4-5,9,12,15-16H2,1-3H3,(H,27,29);1-2H3. The highest BCUT2D eigenvalue weighted by molar-refractivity contribution is 7.83. The van der Waals surface area contributed by atoms with Gasteiger partial charge in [-0.1, -0.05) is 45.4 Å². The largest absolute Gasteiger partial charge is 0.465 e. The van der Waals surface area contributed by atoms with Gasteiger partial charge in [0.2, 0.25) is 0 Å². The van der Waals surface area contributed by atoms with Gasteiger partial charge in [0, 0.05) is 31.9 Å². The monoisotopic (exact) mass is 523 g/mol. The molecule has 0 saturated heterocycles. The van der Waals surface area contributed by atoms with E-state index in [1.807, 2.05) is 57.3 Å². The molecular formula is C28H37N5O3S. The van der Waals surface area contributed by atoms with E-state index in [1.165, 1.54) is 7.11 Å². The first-order valence-corrected chi connectivity index (χ1v) is 14.0. The van der Waals surface area contributed by atoms with E-state index < -0.39 is 17.0 Å². The van der Waals surface area contributed by atoms with Crippen molar-refractivity contribution < 1.29 is 13.7 Å². The predicted octanol–water partition coefficient (Wildman–Crippen LogP) is 5.48. The van der Waals surface area contributed by atoms with Gasteiger partial charge in [0.25, 0.3) is 0 Å². The molecule has 0 aliphatic heterocycles. The first-order valence-electron chi connectivity index (χ1n) is 12.9. The molecule has 2 aromatic heterocycles. The average Bonchev–Trinajstić information content (AvgIpc) is 3.32. The Labute approximate surface area is 221 Å². The molecule has 4 aromatic rings. The van der Waals surface area contributed by atoms with Crippen LogP contribution in [0.25, 0.3) is 21.9 Å². The Bertz CT molecular complexity index is 1350. The van der Waals surface area contributed by atoms with Crippen molar-refractivity contribution in [3.05, 3.63) is 59.9 Å². The van der Waals surface area contributed by atoms with Gasteiger partial charge in [-0.15, -0.1) is 0 Å². The van der Waals surface area contributed by atoms with Crippen LogP contribution in [0, 0.1) is 0 Å². The van der Waals surface area contributed by atoms with Crippen LogP contribution in [0.3, 0.4) is 0 Å². The molecule has 0 radical (unpaired) electrons. The van der Waals surface area contributed by atoms with Crippen LogP contribution in [0.2, 0.25) is 0 Å². The Morgan fingerprint density at radius 3 is 2.51 bits per heavy atom. The number of nitrogens with one attached hydrogen (secondary N) is 2. The number of methoxy groups -OCH3 is 1. The fraction of sp³-hybridized carbons (Fsp3) is 0.393. The number of rotatable bonds is 11. The average molecular weight is 524 g/mol. The van der Waals surface area contributed by atoms with Crippen LogP contribution >= 0.6 is 0 Å². The maximum atomic E-state index is 12.5. The van der Waals surface area contributed by atoms with Crippen LogP contribution in [-0.2, 0) is 28.7 Å². The lowest BCUT2D eigenvalue weighted by Gasteiger charge is -2.12. The smallest absolute Gasteiger partial charge is 0.337 e. The summed E-state index contributed by atoms with van der Waals surface area (Å²) in [5.41, 5.74) is 2.97. The molecule has 0 amide bonds. The second-order valence-corrected chi connectivity index (χ2v) is 9.54. The zero-order valence-corrected chi connectivity index (χ0v) is 23.2. The van der Waals surface area contributed by atoms with Crippen molar-refractivity contribution in [3.63, 3.8) is 0 Å². The molecular weight excluding hydrogens is 486 g/mol. The van der Waals surface area contributed by atoms with Crippen molar-refractivity contribution in [1.29, 1.82) is 0 Å². The lowest BCUT2D eigenvalue weighted by molar-refractivity contribution is 0.0601. The molecule has 37 heavy (non-hydrogen) atoms. The van der Waals surface area contributed by atoms with Crippen LogP contribution in [0.15, 0.2) is 53.4 Å². The lowest BCUT2D eigenvalue weighted by Crippen LogP contribution is -2.20. The molecule has 0 aliphatic rings. The number of benzene rings is 2. The summed E-state index contributed by atoms with van der Waals surface area (Å²) in [7, 11) is 1.95. The minimum atomic E-state index is -1.24. The molecule has 1 unspecified atom stereocenters. The van der Waals surface area contributed by atoms with Gasteiger partial charge in [-0.2, -0.15) is 0 Å². The highest BCUT2D eigenvalue weighted by atomic mass is 32.2. The number of hydrogen-bond donors (Lipinski definition) is 2.